The summed E-state index contributed by atoms with van der Waals surface area (Å²) in [6.45, 7) is 0.123. The molecule has 0 aliphatic heterocycles. The maximum absolute atomic E-state index is 13.2. The van der Waals surface area contributed by atoms with E-state index < -0.39 is 10.7 Å². The molecule has 0 spiro atoms. The van der Waals surface area contributed by atoms with E-state index in [2.05, 4.69) is 21.2 Å². The summed E-state index contributed by atoms with van der Waals surface area (Å²) in [4.78, 5) is 10.5. The van der Waals surface area contributed by atoms with Crippen molar-refractivity contribution in [3.05, 3.63) is 67.4 Å². The third-order valence-corrected chi connectivity index (χ3v) is 3.72. The molecular weight excluding hydrogens is 351 g/mol. The number of halogens is 3. The van der Waals surface area contributed by atoms with Gasteiger partial charge in [-0.3, -0.25) is 10.1 Å². The topological polar surface area (TPSA) is 55.2 Å². The van der Waals surface area contributed by atoms with Gasteiger partial charge in [-0.2, -0.15) is 0 Å². The minimum absolute atomic E-state index is 0.0717. The lowest BCUT2D eigenvalue weighted by Crippen LogP contribution is -2.04. The van der Waals surface area contributed by atoms with Gasteiger partial charge >= 0.3 is 0 Å². The van der Waals surface area contributed by atoms with Crippen LogP contribution in [0.25, 0.3) is 0 Å². The SMILES string of the molecule is O=[N+]([O-])c1cccc(Cl)c1CNc1cc(F)ccc1Br. The lowest BCUT2D eigenvalue weighted by Gasteiger charge is -2.10. The van der Waals surface area contributed by atoms with E-state index in [4.69, 9.17) is 11.6 Å². The smallest absolute Gasteiger partial charge is 0.275 e. The predicted octanol–water partition coefficient (Wildman–Crippen LogP) is 4.76. The number of hydrogen-bond donors (Lipinski definition) is 1. The van der Waals surface area contributed by atoms with E-state index in [1.165, 1.54) is 24.3 Å². The molecule has 0 fully saturated rings. The van der Waals surface area contributed by atoms with Crippen molar-refractivity contribution in [3.63, 3.8) is 0 Å². The minimum atomic E-state index is -0.497. The Labute approximate surface area is 127 Å². The van der Waals surface area contributed by atoms with Crippen LogP contribution < -0.4 is 5.32 Å². The lowest BCUT2D eigenvalue weighted by molar-refractivity contribution is -0.385. The molecule has 2 rings (SSSR count). The molecule has 0 heterocycles. The first-order chi connectivity index (χ1) is 9.49. The van der Waals surface area contributed by atoms with Crippen LogP contribution in [-0.4, -0.2) is 4.92 Å². The Morgan fingerprint density at radius 1 is 1.35 bits per heavy atom. The number of nitro benzene ring substituents is 1. The fourth-order valence-corrected chi connectivity index (χ4v) is 2.33. The summed E-state index contributed by atoms with van der Waals surface area (Å²) in [5.41, 5.74) is 0.784. The van der Waals surface area contributed by atoms with Crippen LogP contribution in [0.4, 0.5) is 15.8 Å². The maximum atomic E-state index is 13.2. The number of nitrogens with one attached hydrogen (secondary N) is 1. The van der Waals surface area contributed by atoms with Crippen LogP contribution in [0.5, 0.6) is 0 Å². The molecule has 0 unspecified atom stereocenters. The molecule has 0 aliphatic carbocycles. The zero-order valence-corrected chi connectivity index (χ0v) is 12.4. The normalized spacial score (nSPS) is 10.3. The van der Waals surface area contributed by atoms with Crippen molar-refractivity contribution < 1.29 is 9.31 Å². The number of hydrogen-bond acceptors (Lipinski definition) is 3. The van der Waals surface area contributed by atoms with Gasteiger partial charge in [0, 0.05) is 17.1 Å². The van der Waals surface area contributed by atoms with E-state index >= 15 is 0 Å². The summed E-state index contributed by atoms with van der Waals surface area (Å²) >= 11 is 9.25. The molecule has 20 heavy (non-hydrogen) atoms. The Hall–Kier alpha value is -1.66. The molecule has 0 saturated carbocycles. The standard InChI is InChI=1S/C13H9BrClFN2O2/c14-10-5-4-8(16)6-12(10)17-7-9-11(15)2-1-3-13(9)18(19)20/h1-6,17H,7H2. The van der Waals surface area contributed by atoms with Gasteiger partial charge in [-0.1, -0.05) is 17.7 Å². The average Bonchev–Trinajstić information content (AvgIpc) is 2.40. The van der Waals surface area contributed by atoms with Crippen LogP contribution in [-0.2, 0) is 6.54 Å². The molecule has 0 atom stereocenters. The molecule has 0 bridgehead atoms. The van der Waals surface area contributed by atoms with Crippen LogP contribution in [0.15, 0.2) is 40.9 Å². The van der Waals surface area contributed by atoms with Gasteiger partial charge < -0.3 is 5.32 Å². The molecule has 0 aliphatic rings. The quantitative estimate of drug-likeness (QED) is 0.632. The van der Waals surface area contributed by atoms with Gasteiger partial charge in [-0.25, -0.2) is 4.39 Å². The van der Waals surface area contributed by atoms with Crippen molar-refractivity contribution in [1.29, 1.82) is 0 Å². The predicted molar refractivity (Wildman–Crippen MR) is 79.5 cm³/mol. The van der Waals surface area contributed by atoms with E-state index in [0.29, 0.717) is 20.7 Å². The highest BCUT2D eigenvalue weighted by atomic mass is 79.9. The van der Waals surface area contributed by atoms with E-state index in [0.717, 1.165) is 0 Å². The second-order valence-corrected chi connectivity index (χ2v) is 5.23. The van der Waals surface area contributed by atoms with Gasteiger partial charge in [-0.15, -0.1) is 0 Å². The summed E-state index contributed by atoms with van der Waals surface area (Å²) in [6, 6.07) is 8.64. The summed E-state index contributed by atoms with van der Waals surface area (Å²) in [5, 5.41) is 14.2. The van der Waals surface area contributed by atoms with Gasteiger partial charge in [0.1, 0.15) is 5.82 Å². The third kappa shape index (κ3) is 3.26. The molecule has 2 aromatic rings. The number of benzene rings is 2. The fraction of sp³-hybridized carbons (Fsp3) is 0.0769. The first kappa shape index (κ1) is 14.7. The maximum Gasteiger partial charge on any atom is 0.275 e. The van der Waals surface area contributed by atoms with Crippen LogP contribution >= 0.6 is 27.5 Å². The number of rotatable bonds is 4. The monoisotopic (exact) mass is 358 g/mol. The lowest BCUT2D eigenvalue weighted by atomic mass is 10.1. The van der Waals surface area contributed by atoms with Gasteiger partial charge in [0.2, 0.25) is 0 Å². The van der Waals surface area contributed by atoms with Gasteiger partial charge in [-0.05, 0) is 40.2 Å². The molecule has 0 amide bonds. The summed E-state index contributed by atoms with van der Waals surface area (Å²) in [5.74, 6) is -0.399. The molecule has 2 aromatic carbocycles. The Kier molecular flexibility index (Phi) is 4.57. The fourth-order valence-electron chi connectivity index (χ4n) is 1.71. The molecule has 1 N–H and O–H groups in total. The Balaban J connectivity index is 2.27. The molecule has 4 nitrogen and oxygen atoms in total. The zero-order chi connectivity index (χ0) is 14.7. The Morgan fingerprint density at radius 3 is 2.80 bits per heavy atom. The number of nitro groups is 1. The number of anilines is 1. The number of nitrogens with zero attached hydrogens (tertiary/aromatic N) is 1. The highest BCUT2D eigenvalue weighted by molar-refractivity contribution is 9.10. The molecule has 0 aromatic heterocycles. The first-order valence-electron chi connectivity index (χ1n) is 5.59. The first-order valence-corrected chi connectivity index (χ1v) is 6.77. The average molecular weight is 360 g/mol. The van der Waals surface area contributed by atoms with Crippen molar-refractivity contribution in [2.45, 2.75) is 6.54 Å². The van der Waals surface area contributed by atoms with Gasteiger partial charge in [0.05, 0.1) is 21.2 Å². The van der Waals surface area contributed by atoms with Crippen molar-refractivity contribution in [3.8, 4) is 0 Å². The van der Waals surface area contributed by atoms with E-state index in [-0.39, 0.29) is 12.2 Å². The van der Waals surface area contributed by atoms with E-state index in [1.807, 2.05) is 0 Å². The molecule has 7 heteroatoms. The summed E-state index contributed by atoms with van der Waals surface area (Å²) in [6.07, 6.45) is 0. The third-order valence-electron chi connectivity index (χ3n) is 2.67. The Morgan fingerprint density at radius 2 is 2.10 bits per heavy atom. The van der Waals surface area contributed by atoms with Gasteiger partial charge in [0.15, 0.2) is 0 Å². The minimum Gasteiger partial charge on any atom is -0.380 e. The van der Waals surface area contributed by atoms with Crippen molar-refractivity contribution in [2.24, 2.45) is 0 Å². The van der Waals surface area contributed by atoms with Crippen molar-refractivity contribution in [1.82, 2.24) is 0 Å². The molecule has 0 saturated heterocycles. The van der Waals surface area contributed by atoms with Crippen LogP contribution in [0.3, 0.4) is 0 Å². The molecular formula is C13H9BrClFN2O2. The van der Waals surface area contributed by atoms with Crippen LogP contribution in [0, 0.1) is 15.9 Å². The van der Waals surface area contributed by atoms with Crippen LogP contribution in [0.1, 0.15) is 5.56 Å². The Bertz CT molecular complexity index is 667. The highest BCUT2D eigenvalue weighted by Gasteiger charge is 2.16. The van der Waals surface area contributed by atoms with Gasteiger partial charge in [0.25, 0.3) is 5.69 Å². The van der Waals surface area contributed by atoms with Crippen molar-refractivity contribution >= 4 is 38.9 Å². The molecule has 0 radical (unpaired) electrons. The largest absolute Gasteiger partial charge is 0.380 e. The summed E-state index contributed by atoms with van der Waals surface area (Å²) in [7, 11) is 0. The van der Waals surface area contributed by atoms with Crippen molar-refractivity contribution in [2.75, 3.05) is 5.32 Å². The highest BCUT2D eigenvalue weighted by Crippen LogP contribution is 2.29. The summed E-state index contributed by atoms with van der Waals surface area (Å²) < 4.78 is 13.8. The zero-order valence-electron chi connectivity index (χ0n) is 10.1. The van der Waals surface area contributed by atoms with E-state index in [1.54, 1.807) is 12.1 Å². The second-order valence-electron chi connectivity index (χ2n) is 3.97. The van der Waals surface area contributed by atoms with E-state index in [9.17, 15) is 14.5 Å². The second kappa shape index (κ2) is 6.19. The molecule has 104 valence electrons. The van der Waals surface area contributed by atoms with Crippen LogP contribution in [0.2, 0.25) is 5.02 Å².